The molecule has 1 heterocycles. The van der Waals surface area contributed by atoms with Crippen LogP contribution in [0.1, 0.15) is 12.0 Å². The second-order valence-electron chi connectivity index (χ2n) is 5.80. The summed E-state index contributed by atoms with van der Waals surface area (Å²) < 4.78 is 1.61. The van der Waals surface area contributed by atoms with E-state index in [4.69, 9.17) is 0 Å². The maximum atomic E-state index is 12.8. The number of amides is 1. The molecule has 0 aliphatic heterocycles. The number of hydrogen-bond donors (Lipinski definition) is 0. The first-order valence-electron chi connectivity index (χ1n) is 8.48. The van der Waals surface area contributed by atoms with Gasteiger partial charge in [0.15, 0.2) is 0 Å². The third kappa shape index (κ3) is 4.92. The number of aromatic nitrogens is 4. The van der Waals surface area contributed by atoms with Crippen molar-refractivity contribution >= 4 is 23.4 Å². The second-order valence-corrected chi connectivity index (χ2v) is 6.86. The number of rotatable bonds is 8. The molecule has 0 spiro atoms. The van der Waals surface area contributed by atoms with E-state index < -0.39 is 0 Å². The number of hydrogen-bond acceptors (Lipinski definition) is 5. The minimum Gasteiger partial charge on any atom is -0.312 e. The van der Waals surface area contributed by atoms with E-state index >= 15 is 0 Å². The van der Waals surface area contributed by atoms with Gasteiger partial charge in [0, 0.05) is 31.5 Å². The summed E-state index contributed by atoms with van der Waals surface area (Å²) in [6.07, 6.45) is 1.25. The van der Waals surface area contributed by atoms with Crippen LogP contribution in [0, 0.1) is 0 Å². The third-order valence-corrected chi connectivity index (χ3v) is 4.98. The van der Waals surface area contributed by atoms with E-state index in [9.17, 15) is 4.79 Å². The molecule has 0 aliphatic rings. The van der Waals surface area contributed by atoms with Gasteiger partial charge < -0.3 is 4.90 Å². The van der Waals surface area contributed by atoms with Gasteiger partial charge in [-0.25, -0.2) is 4.68 Å². The summed E-state index contributed by atoms with van der Waals surface area (Å²) in [6.45, 7) is 0.656. The fourth-order valence-corrected chi connectivity index (χ4v) is 3.38. The number of carbonyl (C=O) groups is 1. The van der Waals surface area contributed by atoms with Gasteiger partial charge in [-0.05, 0) is 34.5 Å². The van der Waals surface area contributed by atoms with Crippen molar-refractivity contribution in [3.63, 3.8) is 0 Å². The molecule has 0 saturated heterocycles. The van der Waals surface area contributed by atoms with Crippen molar-refractivity contribution in [1.29, 1.82) is 0 Å². The van der Waals surface area contributed by atoms with Crippen LogP contribution in [-0.4, -0.2) is 38.4 Å². The summed E-state index contributed by atoms with van der Waals surface area (Å²) in [4.78, 5) is 14.7. The maximum Gasteiger partial charge on any atom is 0.227 e. The highest BCUT2D eigenvalue weighted by Gasteiger charge is 2.16. The summed E-state index contributed by atoms with van der Waals surface area (Å²) in [5, 5.41) is 12.1. The summed E-state index contributed by atoms with van der Waals surface area (Å²) in [5.74, 6) is 0.747. The van der Waals surface area contributed by atoms with E-state index in [1.807, 2.05) is 53.4 Å². The molecule has 1 aromatic heterocycles. The summed E-state index contributed by atoms with van der Waals surface area (Å²) >= 11 is 1.49. The fourth-order valence-electron chi connectivity index (χ4n) is 2.60. The molecular formula is C19H21N5OS. The Labute approximate surface area is 157 Å². The monoisotopic (exact) mass is 367 g/mol. The Bertz CT molecular complexity index is 822. The van der Waals surface area contributed by atoms with Crippen LogP contribution >= 0.6 is 11.8 Å². The predicted octanol–water partition coefficient (Wildman–Crippen LogP) is 2.97. The molecule has 0 aliphatic carbocycles. The van der Waals surface area contributed by atoms with Gasteiger partial charge in [0.1, 0.15) is 0 Å². The minimum atomic E-state index is 0.106. The smallest absolute Gasteiger partial charge is 0.227 e. The van der Waals surface area contributed by atoms with Crippen LogP contribution in [0.25, 0.3) is 0 Å². The average molecular weight is 367 g/mol. The lowest BCUT2D eigenvalue weighted by molar-refractivity contribution is -0.118. The first-order chi connectivity index (χ1) is 12.7. The van der Waals surface area contributed by atoms with E-state index in [0.29, 0.717) is 23.9 Å². The lowest BCUT2D eigenvalue weighted by atomic mass is 10.1. The van der Waals surface area contributed by atoms with Crippen molar-refractivity contribution < 1.29 is 4.79 Å². The zero-order valence-corrected chi connectivity index (χ0v) is 15.5. The number of thioether (sulfide) groups is 1. The first-order valence-corrected chi connectivity index (χ1v) is 9.47. The van der Waals surface area contributed by atoms with Gasteiger partial charge in [-0.15, -0.1) is 5.10 Å². The van der Waals surface area contributed by atoms with Crippen LogP contribution in [0.3, 0.4) is 0 Å². The normalized spacial score (nSPS) is 10.7. The van der Waals surface area contributed by atoms with Crippen molar-refractivity contribution in [2.45, 2.75) is 18.0 Å². The minimum absolute atomic E-state index is 0.106. The van der Waals surface area contributed by atoms with E-state index in [0.717, 1.165) is 12.1 Å². The summed E-state index contributed by atoms with van der Waals surface area (Å²) in [6, 6.07) is 20.0. The molecule has 0 radical (unpaired) electrons. The molecule has 0 atom stereocenters. The number of aryl methyl sites for hydroxylation is 1. The zero-order chi connectivity index (χ0) is 18.2. The number of para-hydroxylation sites is 1. The largest absolute Gasteiger partial charge is 0.312 e. The molecule has 1 amide bonds. The molecule has 3 aromatic rings. The van der Waals surface area contributed by atoms with E-state index in [2.05, 4.69) is 27.7 Å². The molecule has 7 heteroatoms. The van der Waals surface area contributed by atoms with Crippen molar-refractivity contribution in [3.8, 4) is 0 Å². The summed E-state index contributed by atoms with van der Waals surface area (Å²) in [7, 11) is 1.79. The van der Waals surface area contributed by atoms with Crippen molar-refractivity contribution in [1.82, 2.24) is 20.2 Å². The third-order valence-electron chi connectivity index (χ3n) is 3.96. The molecule has 3 rings (SSSR count). The van der Waals surface area contributed by atoms with Gasteiger partial charge in [0.2, 0.25) is 11.1 Å². The number of tetrazole rings is 1. The summed E-state index contributed by atoms with van der Waals surface area (Å²) in [5.41, 5.74) is 2.15. The molecule has 134 valence electrons. The van der Waals surface area contributed by atoms with Gasteiger partial charge in [-0.3, -0.25) is 4.79 Å². The quantitative estimate of drug-likeness (QED) is 0.573. The fraction of sp³-hybridized carbons (Fsp3) is 0.263. The highest BCUT2D eigenvalue weighted by atomic mass is 32.2. The van der Waals surface area contributed by atoms with Crippen LogP contribution in [0.15, 0.2) is 65.8 Å². The second kappa shape index (κ2) is 9.15. The molecule has 0 saturated carbocycles. The Kier molecular flexibility index (Phi) is 6.38. The molecule has 0 N–H and O–H groups in total. The number of anilines is 1. The lowest BCUT2D eigenvalue weighted by Crippen LogP contribution is -2.33. The van der Waals surface area contributed by atoms with Crippen LogP contribution in [0.2, 0.25) is 0 Å². The van der Waals surface area contributed by atoms with Crippen molar-refractivity contribution in [2.75, 3.05) is 17.2 Å². The molecule has 0 bridgehead atoms. The van der Waals surface area contributed by atoms with Crippen LogP contribution in [0.4, 0.5) is 5.69 Å². The van der Waals surface area contributed by atoms with Crippen LogP contribution < -0.4 is 4.90 Å². The van der Waals surface area contributed by atoms with E-state index in [-0.39, 0.29) is 5.91 Å². The van der Waals surface area contributed by atoms with E-state index in [1.165, 1.54) is 17.3 Å². The standard InChI is InChI=1S/C19H21N5OS/c1-23-19(20-21-22-23)26-15-13-18(25)24(17-10-6-3-7-11-17)14-12-16-8-4-2-5-9-16/h2-11H,12-15H2,1H3. The Balaban J connectivity index is 1.62. The number of benzene rings is 2. The van der Waals surface area contributed by atoms with Gasteiger partial charge in [-0.2, -0.15) is 0 Å². The van der Waals surface area contributed by atoms with Crippen LogP contribution in [-0.2, 0) is 18.3 Å². The van der Waals surface area contributed by atoms with Crippen molar-refractivity contribution in [3.05, 3.63) is 66.2 Å². The average Bonchev–Trinajstić information content (AvgIpc) is 3.08. The molecule has 26 heavy (non-hydrogen) atoms. The van der Waals surface area contributed by atoms with Gasteiger partial charge >= 0.3 is 0 Å². The SMILES string of the molecule is Cn1nnnc1SCCC(=O)N(CCc1ccccc1)c1ccccc1. The predicted molar refractivity (Wildman–Crippen MR) is 103 cm³/mol. The highest BCUT2D eigenvalue weighted by Crippen LogP contribution is 2.18. The molecule has 0 unspecified atom stereocenters. The van der Waals surface area contributed by atoms with Crippen molar-refractivity contribution in [2.24, 2.45) is 7.05 Å². The van der Waals surface area contributed by atoms with Gasteiger partial charge in [-0.1, -0.05) is 60.3 Å². The van der Waals surface area contributed by atoms with E-state index in [1.54, 1.807) is 11.7 Å². The Morgan fingerprint density at radius 1 is 1.08 bits per heavy atom. The Morgan fingerprint density at radius 3 is 2.42 bits per heavy atom. The first kappa shape index (κ1) is 18.1. The lowest BCUT2D eigenvalue weighted by Gasteiger charge is -2.23. The maximum absolute atomic E-state index is 12.8. The zero-order valence-electron chi connectivity index (χ0n) is 14.7. The Morgan fingerprint density at radius 2 is 1.77 bits per heavy atom. The Hall–Kier alpha value is -2.67. The van der Waals surface area contributed by atoms with Crippen LogP contribution in [0.5, 0.6) is 0 Å². The highest BCUT2D eigenvalue weighted by molar-refractivity contribution is 7.99. The molecule has 0 fully saturated rings. The topological polar surface area (TPSA) is 63.9 Å². The number of nitrogens with zero attached hydrogens (tertiary/aromatic N) is 5. The number of carbonyl (C=O) groups excluding carboxylic acids is 1. The van der Waals surface area contributed by atoms with Gasteiger partial charge in [0.25, 0.3) is 0 Å². The molecular weight excluding hydrogens is 346 g/mol. The molecule has 2 aromatic carbocycles. The molecule has 6 nitrogen and oxygen atoms in total. The van der Waals surface area contributed by atoms with Gasteiger partial charge in [0.05, 0.1) is 0 Å².